The molecular weight excluding hydrogens is 360 g/mol. The second-order valence-electron chi connectivity index (χ2n) is 5.52. The number of carbonyl (C=O) groups is 1. The number of amides is 1. The molecule has 7 heteroatoms. The summed E-state index contributed by atoms with van der Waals surface area (Å²) in [4.78, 5) is 24.9. The van der Waals surface area contributed by atoms with Gasteiger partial charge in [-0.15, -0.1) is 11.3 Å². The Bertz CT molecular complexity index is 1030. The van der Waals surface area contributed by atoms with Gasteiger partial charge in [0.05, 0.1) is 6.20 Å². The van der Waals surface area contributed by atoms with Crippen molar-refractivity contribution in [1.82, 2.24) is 15.0 Å². The molecule has 0 fully saturated rings. The maximum atomic E-state index is 12.4. The molecule has 4 rings (SSSR count). The maximum absolute atomic E-state index is 12.4. The Labute approximate surface area is 159 Å². The van der Waals surface area contributed by atoms with Gasteiger partial charge in [0.25, 0.3) is 5.91 Å². The van der Waals surface area contributed by atoms with Crippen LogP contribution in [-0.4, -0.2) is 20.9 Å². The van der Waals surface area contributed by atoms with Crippen LogP contribution in [0.15, 0.2) is 78.6 Å². The van der Waals surface area contributed by atoms with Crippen molar-refractivity contribution in [3.63, 3.8) is 0 Å². The minimum absolute atomic E-state index is 0.280. The zero-order chi connectivity index (χ0) is 18.5. The standard InChI is InChI=1S/C20H14N4O2S/c25-19(18-13-27-20(24-18)17-12-21-10-11-22-17)23-14-6-8-16(9-7-14)26-15-4-2-1-3-5-15/h1-13H,(H,23,25). The van der Waals surface area contributed by atoms with Crippen molar-refractivity contribution in [2.24, 2.45) is 0 Å². The van der Waals surface area contributed by atoms with E-state index < -0.39 is 0 Å². The van der Waals surface area contributed by atoms with E-state index in [9.17, 15) is 4.79 Å². The Balaban J connectivity index is 1.42. The Kier molecular flexibility index (Phi) is 4.84. The minimum atomic E-state index is -0.280. The molecule has 0 unspecified atom stereocenters. The Morgan fingerprint density at radius 2 is 1.74 bits per heavy atom. The van der Waals surface area contributed by atoms with E-state index in [0.717, 1.165) is 5.75 Å². The van der Waals surface area contributed by atoms with Crippen LogP contribution in [0.4, 0.5) is 5.69 Å². The molecule has 0 radical (unpaired) electrons. The van der Waals surface area contributed by atoms with Crippen LogP contribution in [0.25, 0.3) is 10.7 Å². The van der Waals surface area contributed by atoms with E-state index in [1.807, 2.05) is 30.3 Å². The highest BCUT2D eigenvalue weighted by molar-refractivity contribution is 7.13. The van der Waals surface area contributed by atoms with Crippen LogP contribution in [-0.2, 0) is 0 Å². The molecule has 0 atom stereocenters. The van der Waals surface area contributed by atoms with Gasteiger partial charge < -0.3 is 10.1 Å². The first-order valence-electron chi connectivity index (χ1n) is 8.14. The quantitative estimate of drug-likeness (QED) is 0.550. The number of nitrogens with one attached hydrogen (secondary N) is 1. The highest BCUT2D eigenvalue weighted by atomic mass is 32.1. The number of hydrogen-bond donors (Lipinski definition) is 1. The molecule has 0 bridgehead atoms. The second kappa shape index (κ2) is 7.76. The average Bonchev–Trinajstić information content (AvgIpc) is 3.21. The van der Waals surface area contributed by atoms with Crippen LogP contribution >= 0.6 is 11.3 Å². The summed E-state index contributed by atoms with van der Waals surface area (Å²) in [5.74, 6) is 1.17. The summed E-state index contributed by atoms with van der Waals surface area (Å²) in [7, 11) is 0. The summed E-state index contributed by atoms with van der Waals surface area (Å²) in [5.41, 5.74) is 1.64. The highest BCUT2D eigenvalue weighted by Crippen LogP contribution is 2.24. The molecule has 0 aliphatic heterocycles. The van der Waals surface area contributed by atoms with Gasteiger partial charge in [-0.3, -0.25) is 14.8 Å². The van der Waals surface area contributed by atoms with Crippen LogP contribution in [0.1, 0.15) is 10.5 Å². The number of para-hydroxylation sites is 1. The SMILES string of the molecule is O=C(Nc1ccc(Oc2ccccc2)cc1)c1csc(-c2cnccn2)n1. The van der Waals surface area contributed by atoms with E-state index >= 15 is 0 Å². The topological polar surface area (TPSA) is 77.0 Å². The van der Waals surface area contributed by atoms with E-state index in [1.165, 1.54) is 11.3 Å². The molecule has 1 amide bonds. The predicted octanol–water partition coefficient (Wildman–Crippen LogP) is 4.64. The van der Waals surface area contributed by atoms with E-state index in [-0.39, 0.29) is 5.91 Å². The Morgan fingerprint density at radius 1 is 0.963 bits per heavy atom. The molecule has 0 aliphatic rings. The zero-order valence-corrected chi connectivity index (χ0v) is 14.9. The first kappa shape index (κ1) is 16.9. The van der Waals surface area contributed by atoms with Crippen molar-refractivity contribution in [3.05, 3.63) is 84.3 Å². The van der Waals surface area contributed by atoms with E-state index in [2.05, 4.69) is 20.3 Å². The third-order valence-electron chi connectivity index (χ3n) is 3.61. The number of hydrogen-bond acceptors (Lipinski definition) is 6. The number of ether oxygens (including phenoxy) is 1. The average molecular weight is 374 g/mol. The van der Waals surface area contributed by atoms with Crippen LogP contribution in [0.3, 0.4) is 0 Å². The highest BCUT2D eigenvalue weighted by Gasteiger charge is 2.13. The molecule has 132 valence electrons. The van der Waals surface area contributed by atoms with Gasteiger partial charge in [0.1, 0.15) is 27.9 Å². The van der Waals surface area contributed by atoms with Gasteiger partial charge in [-0.25, -0.2) is 4.98 Å². The molecular formula is C20H14N4O2S. The molecule has 27 heavy (non-hydrogen) atoms. The first-order chi connectivity index (χ1) is 13.3. The van der Waals surface area contributed by atoms with Gasteiger partial charge in [0.15, 0.2) is 0 Å². The molecule has 0 aliphatic carbocycles. The van der Waals surface area contributed by atoms with Crippen molar-refractivity contribution < 1.29 is 9.53 Å². The van der Waals surface area contributed by atoms with Gasteiger partial charge >= 0.3 is 0 Å². The zero-order valence-electron chi connectivity index (χ0n) is 14.1. The molecule has 2 heterocycles. The largest absolute Gasteiger partial charge is 0.457 e. The third kappa shape index (κ3) is 4.16. The van der Waals surface area contributed by atoms with Crippen LogP contribution in [0, 0.1) is 0 Å². The lowest BCUT2D eigenvalue weighted by Gasteiger charge is -2.07. The molecule has 0 saturated carbocycles. The Morgan fingerprint density at radius 3 is 2.48 bits per heavy atom. The van der Waals surface area contributed by atoms with Crippen molar-refractivity contribution >= 4 is 22.9 Å². The van der Waals surface area contributed by atoms with Gasteiger partial charge in [-0.1, -0.05) is 18.2 Å². The van der Waals surface area contributed by atoms with Gasteiger partial charge in [-0.2, -0.15) is 0 Å². The molecule has 1 N–H and O–H groups in total. The summed E-state index contributed by atoms with van der Waals surface area (Å²) in [5, 5.41) is 5.18. The summed E-state index contributed by atoms with van der Waals surface area (Å²) < 4.78 is 5.74. The first-order valence-corrected chi connectivity index (χ1v) is 9.02. The number of nitrogens with zero attached hydrogens (tertiary/aromatic N) is 3. The van der Waals surface area contributed by atoms with Crippen LogP contribution in [0.2, 0.25) is 0 Å². The van der Waals surface area contributed by atoms with Crippen molar-refractivity contribution in [2.75, 3.05) is 5.32 Å². The number of thiazole rings is 1. The van der Waals surface area contributed by atoms with Crippen molar-refractivity contribution in [3.8, 4) is 22.2 Å². The lowest BCUT2D eigenvalue weighted by Crippen LogP contribution is -2.12. The fourth-order valence-corrected chi connectivity index (χ4v) is 3.09. The summed E-state index contributed by atoms with van der Waals surface area (Å²) in [6.07, 6.45) is 4.80. The maximum Gasteiger partial charge on any atom is 0.275 e. The molecule has 2 aromatic carbocycles. The normalized spacial score (nSPS) is 10.4. The van der Waals surface area contributed by atoms with Gasteiger partial charge in [-0.05, 0) is 36.4 Å². The molecule has 6 nitrogen and oxygen atoms in total. The third-order valence-corrected chi connectivity index (χ3v) is 4.48. The fraction of sp³-hybridized carbons (Fsp3) is 0. The fourth-order valence-electron chi connectivity index (χ4n) is 2.33. The summed E-state index contributed by atoms with van der Waals surface area (Å²) in [6.45, 7) is 0. The second-order valence-corrected chi connectivity index (χ2v) is 6.38. The number of anilines is 1. The molecule has 0 saturated heterocycles. The van der Waals surface area contributed by atoms with Crippen LogP contribution < -0.4 is 10.1 Å². The lowest BCUT2D eigenvalue weighted by atomic mass is 10.3. The number of benzene rings is 2. The van der Waals surface area contributed by atoms with Crippen LogP contribution in [0.5, 0.6) is 11.5 Å². The number of rotatable bonds is 5. The minimum Gasteiger partial charge on any atom is -0.457 e. The van der Waals surface area contributed by atoms with Crippen molar-refractivity contribution in [1.29, 1.82) is 0 Å². The smallest absolute Gasteiger partial charge is 0.275 e. The van der Waals surface area contributed by atoms with E-state index in [1.54, 1.807) is 48.2 Å². The summed E-state index contributed by atoms with van der Waals surface area (Å²) >= 11 is 1.35. The number of aromatic nitrogens is 3. The van der Waals surface area contributed by atoms with Crippen molar-refractivity contribution in [2.45, 2.75) is 0 Å². The van der Waals surface area contributed by atoms with Gasteiger partial charge in [0, 0.05) is 23.5 Å². The number of carbonyl (C=O) groups excluding carboxylic acids is 1. The van der Waals surface area contributed by atoms with E-state index in [0.29, 0.717) is 27.8 Å². The molecule has 4 aromatic rings. The molecule has 2 aromatic heterocycles. The molecule has 0 spiro atoms. The van der Waals surface area contributed by atoms with E-state index in [4.69, 9.17) is 4.74 Å². The monoisotopic (exact) mass is 374 g/mol. The van der Waals surface area contributed by atoms with Gasteiger partial charge in [0.2, 0.25) is 0 Å². The predicted molar refractivity (Wildman–Crippen MR) is 104 cm³/mol. The lowest BCUT2D eigenvalue weighted by molar-refractivity contribution is 0.102. The Hall–Kier alpha value is -3.58. The summed E-state index contributed by atoms with van der Waals surface area (Å²) in [6, 6.07) is 16.7.